The van der Waals surface area contributed by atoms with E-state index < -0.39 is 0 Å². The fraction of sp³-hybridized carbons (Fsp3) is 0.143. The molecule has 4 nitrogen and oxygen atoms in total. The summed E-state index contributed by atoms with van der Waals surface area (Å²) < 4.78 is 5.84. The van der Waals surface area contributed by atoms with Gasteiger partial charge in [-0.05, 0) is 48.5 Å². The van der Waals surface area contributed by atoms with Crippen LogP contribution in [-0.2, 0) is 6.42 Å². The van der Waals surface area contributed by atoms with Crippen LogP contribution in [0.25, 0.3) is 11.4 Å². The third-order valence-corrected chi connectivity index (χ3v) is 3.26. The van der Waals surface area contributed by atoms with Crippen LogP contribution in [0.4, 0.5) is 0 Å². The summed E-state index contributed by atoms with van der Waals surface area (Å²) in [7, 11) is 0. The van der Waals surface area contributed by atoms with Crippen LogP contribution in [0.5, 0.6) is 0 Å². The van der Waals surface area contributed by atoms with Crippen LogP contribution < -0.4 is 0 Å². The van der Waals surface area contributed by atoms with Crippen molar-refractivity contribution in [3.05, 3.63) is 58.3 Å². The molecule has 0 aliphatic carbocycles. The Morgan fingerprint density at radius 2 is 2.16 bits per heavy atom. The molecule has 0 amide bonds. The highest BCUT2D eigenvalue weighted by Gasteiger charge is 2.06. The van der Waals surface area contributed by atoms with Gasteiger partial charge in [0.05, 0.1) is 6.26 Å². The molecular formula is C14H13N3OS. The maximum Gasteiger partial charge on any atom is 0.213 e. The zero-order valence-corrected chi connectivity index (χ0v) is 11.3. The van der Waals surface area contributed by atoms with Crippen molar-refractivity contribution < 1.29 is 4.42 Å². The summed E-state index contributed by atoms with van der Waals surface area (Å²) in [5.74, 6) is 1.73. The molecule has 19 heavy (non-hydrogen) atoms. The molecule has 0 bridgehead atoms. The van der Waals surface area contributed by atoms with Crippen molar-refractivity contribution in [3.8, 4) is 11.4 Å². The first-order chi connectivity index (χ1) is 9.22. The molecule has 1 aromatic carbocycles. The van der Waals surface area contributed by atoms with E-state index in [-0.39, 0.29) is 0 Å². The molecule has 0 aliphatic rings. The van der Waals surface area contributed by atoms with Crippen LogP contribution in [0, 0.1) is 11.7 Å². The topological polar surface area (TPSA) is 57.6 Å². The molecule has 0 radical (unpaired) electrons. The second-order valence-corrected chi connectivity index (χ2v) is 4.80. The summed E-state index contributed by atoms with van der Waals surface area (Å²) in [4.78, 5) is 4.21. The zero-order chi connectivity index (χ0) is 13.2. The van der Waals surface area contributed by atoms with E-state index in [1.165, 1.54) is 11.1 Å². The highest BCUT2D eigenvalue weighted by molar-refractivity contribution is 7.71. The first kappa shape index (κ1) is 11.9. The Morgan fingerprint density at radius 1 is 1.26 bits per heavy atom. The van der Waals surface area contributed by atoms with Crippen molar-refractivity contribution >= 4 is 12.2 Å². The number of hydrogen-bond acceptors (Lipinski definition) is 3. The largest absolute Gasteiger partial charge is 0.469 e. The Kier molecular flexibility index (Phi) is 3.05. The number of aromatic nitrogens is 3. The van der Waals surface area contributed by atoms with Crippen LogP contribution in [0.1, 0.15) is 16.9 Å². The third-order valence-electron chi connectivity index (χ3n) is 3.06. The number of furan rings is 1. The van der Waals surface area contributed by atoms with E-state index in [0.29, 0.717) is 4.77 Å². The Bertz CT molecular complexity index is 740. The van der Waals surface area contributed by atoms with E-state index in [1.807, 2.05) is 18.2 Å². The minimum Gasteiger partial charge on any atom is -0.469 e. The van der Waals surface area contributed by atoms with Crippen molar-refractivity contribution in [3.63, 3.8) is 0 Å². The van der Waals surface area contributed by atoms with Gasteiger partial charge in [0.1, 0.15) is 5.76 Å². The summed E-state index contributed by atoms with van der Waals surface area (Å²) in [5.41, 5.74) is 3.47. The molecule has 5 heteroatoms. The van der Waals surface area contributed by atoms with Crippen molar-refractivity contribution in [1.29, 1.82) is 0 Å². The standard InChI is InChI=1S/C14H13N3OS/c1-9-7-11(13-15-14(19)17-16-13)5-4-10(9)8-12-3-2-6-18-12/h2-7H,8H2,1H3,(H2,15,16,17,19). The summed E-state index contributed by atoms with van der Waals surface area (Å²) in [6.07, 6.45) is 2.50. The number of rotatable bonds is 3. The first-order valence-electron chi connectivity index (χ1n) is 5.99. The lowest BCUT2D eigenvalue weighted by molar-refractivity contribution is 0.520. The lowest BCUT2D eigenvalue weighted by Gasteiger charge is -2.06. The molecule has 0 fully saturated rings. The van der Waals surface area contributed by atoms with Gasteiger partial charge in [-0.3, -0.25) is 10.2 Å². The molecule has 2 aromatic heterocycles. The normalized spacial score (nSPS) is 10.8. The lowest BCUT2D eigenvalue weighted by Crippen LogP contribution is -1.92. The maximum atomic E-state index is 5.37. The number of nitrogens with one attached hydrogen (secondary N) is 2. The molecule has 0 unspecified atom stereocenters. The Balaban J connectivity index is 1.91. The van der Waals surface area contributed by atoms with Gasteiger partial charge in [0, 0.05) is 12.0 Å². The molecule has 0 saturated carbocycles. The molecule has 0 saturated heterocycles. The van der Waals surface area contributed by atoms with Gasteiger partial charge in [0.2, 0.25) is 4.77 Å². The molecule has 3 rings (SSSR count). The molecule has 96 valence electrons. The van der Waals surface area contributed by atoms with E-state index in [2.05, 4.69) is 34.2 Å². The van der Waals surface area contributed by atoms with E-state index in [4.69, 9.17) is 16.6 Å². The summed E-state index contributed by atoms with van der Waals surface area (Å²) in [6.45, 7) is 2.09. The number of hydrogen-bond donors (Lipinski definition) is 2. The smallest absolute Gasteiger partial charge is 0.213 e. The van der Waals surface area contributed by atoms with Crippen molar-refractivity contribution in [2.24, 2.45) is 0 Å². The van der Waals surface area contributed by atoms with Crippen LogP contribution in [0.2, 0.25) is 0 Å². The Morgan fingerprint density at radius 3 is 2.79 bits per heavy atom. The number of nitrogens with zero attached hydrogens (tertiary/aromatic N) is 1. The van der Waals surface area contributed by atoms with Gasteiger partial charge in [-0.15, -0.1) is 0 Å². The average molecular weight is 271 g/mol. The van der Waals surface area contributed by atoms with Crippen molar-refractivity contribution in [1.82, 2.24) is 15.2 Å². The Labute approximate surface area is 115 Å². The molecule has 3 aromatic rings. The zero-order valence-electron chi connectivity index (χ0n) is 10.4. The second kappa shape index (κ2) is 4.85. The van der Waals surface area contributed by atoms with Gasteiger partial charge in [-0.2, -0.15) is 4.98 Å². The summed E-state index contributed by atoms with van der Waals surface area (Å²) in [5, 5.41) is 5.76. The summed E-state index contributed by atoms with van der Waals surface area (Å²) in [6, 6.07) is 10.1. The number of H-pyrrole nitrogens is 2. The molecule has 0 spiro atoms. The molecule has 0 atom stereocenters. The van der Waals surface area contributed by atoms with Gasteiger partial charge in [0.25, 0.3) is 0 Å². The first-order valence-corrected chi connectivity index (χ1v) is 6.40. The predicted molar refractivity (Wildman–Crippen MR) is 75.5 cm³/mol. The van der Waals surface area contributed by atoms with E-state index in [9.17, 15) is 0 Å². The molecule has 2 heterocycles. The van der Waals surface area contributed by atoms with Gasteiger partial charge in [-0.25, -0.2) is 0 Å². The van der Waals surface area contributed by atoms with Crippen LogP contribution in [0.15, 0.2) is 41.0 Å². The van der Waals surface area contributed by atoms with Crippen LogP contribution in [0.3, 0.4) is 0 Å². The number of benzene rings is 1. The Hall–Kier alpha value is -2.14. The molecular weight excluding hydrogens is 258 g/mol. The SMILES string of the molecule is Cc1cc(-c2nc(=S)[nH][nH]2)ccc1Cc1ccco1. The quantitative estimate of drug-likeness (QED) is 0.715. The van der Waals surface area contributed by atoms with Gasteiger partial charge < -0.3 is 4.42 Å². The number of aryl methyl sites for hydroxylation is 1. The van der Waals surface area contributed by atoms with Gasteiger partial charge in [-0.1, -0.05) is 12.1 Å². The van der Waals surface area contributed by atoms with Gasteiger partial charge >= 0.3 is 0 Å². The maximum absolute atomic E-state index is 5.37. The second-order valence-electron chi connectivity index (χ2n) is 4.41. The average Bonchev–Trinajstić information content (AvgIpc) is 3.03. The number of aromatic amines is 2. The fourth-order valence-corrected chi connectivity index (χ4v) is 2.19. The van der Waals surface area contributed by atoms with Gasteiger partial charge in [0.15, 0.2) is 5.82 Å². The lowest BCUT2D eigenvalue weighted by atomic mass is 10.0. The van der Waals surface area contributed by atoms with E-state index in [1.54, 1.807) is 6.26 Å². The predicted octanol–water partition coefficient (Wildman–Crippen LogP) is 3.63. The van der Waals surface area contributed by atoms with E-state index >= 15 is 0 Å². The van der Waals surface area contributed by atoms with E-state index in [0.717, 1.165) is 23.6 Å². The highest BCUT2D eigenvalue weighted by atomic mass is 32.1. The summed E-state index contributed by atoms with van der Waals surface area (Å²) >= 11 is 4.96. The third kappa shape index (κ3) is 2.51. The van der Waals surface area contributed by atoms with Crippen LogP contribution in [-0.4, -0.2) is 15.2 Å². The minimum atomic E-state index is 0.465. The monoisotopic (exact) mass is 271 g/mol. The van der Waals surface area contributed by atoms with Crippen molar-refractivity contribution in [2.45, 2.75) is 13.3 Å². The fourth-order valence-electron chi connectivity index (χ4n) is 2.05. The highest BCUT2D eigenvalue weighted by Crippen LogP contribution is 2.21. The van der Waals surface area contributed by atoms with Crippen LogP contribution >= 0.6 is 12.2 Å². The van der Waals surface area contributed by atoms with Crippen molar-refractivity contribution in [2.75, 3.05) is 0 Å². The molecule has 0 aliphatic heterocycles. The minimum absolute atomic E-state index is 0.465. The molecule has 2 N–H and O–H groups in total.